The second kappa shape index (κ2) is 9.36. The average Bonchev–Trinajstić information content (AvgIpc) is 3.13. The van der Waals surface area contributed by atoms with Gasteiger partial charge in [-0.1, -0.05) is 133 Å². The molecule has 0 saturated heterocycles. The summed E-state index contributed by atoms with van der Waals surface area (Å²) in [4.78, 5) is 0. The lowest BCUT2D eigenvalue weighted by Gasteiger charge is -2.21. The summed E-state index contributed by atoms with van der Waals surface area (Å²) in [5.41, 5.74) is 4.02. The summed E-state index contributed by atoms with van der Waals surface area (Å²) in [6.45, 7) is 0. The molecule has 0 heterocycles. The van der Waals surface area contributed by atoms with Gasteiger partial charge in [-0.2, -0.15) is 0 Å². The van der Waals surface area contributed by atoms with Gasteiger partial charge < -0.3 is 0 Å². The molecule has 0 radical (unpaired) electrons. The molecule has 0 spiro atoms. The molecule has 0 unspecified atom stereocenters. The van der Waals surface area contributed by atoms with Crippen molar-refractivity contribution in [1.29, 1.82) is 0 Å². The molecule has 0 fully saturated rings. The highest BCUT2D eigenvalue weighted by Gasteiger charge is 2.19. The van der Waals surface area contributed by atoms with E-state index in [1.54, 1.807) is 0 Å². The van der Waals surface area contributed by atoms with Gasteiger partial charge in [0.15, 0.2) is 0 Å². The third-order valence-electron chi connectivity index (χ3n) is 7.96. The molecule has 7 aromatic rings. The van der Waals surface area contributed by atoms with Crippen LogP contribution in [0, 0.1) is 0 Å². The number of hydrogen-bond donors (Lipinski definition) is 0. The molecule has 1 aliphatic carbocycles. The van der Waals surface area contributed by atoms with Crippen LogP contribution in [0.1, 0.15) is 29.4 Å². The molecule has 40 heavy (non-hydrogen) atoms. The molecule has 0 aliphatic heterocycles. The van der Waals surface area contributed by atoms with Crippen molar-refractivity contribution >= 4 is 44.0 Å². The lowest BCUT2D eigenvalue weighted by molar-refractivity contribution is 1.08. The van der Waals surface area contributed by atoms with Crippen LogP contribution in [0.25, 0.3) is 66.2 Å². The average molecular weight is 517 g/mol. The molecule has 0 aromatic heterocycles. The first kappa shape index (κ1) is 16.2. The van der Waals surface area contributed by atoms with E-state index in [4.69, 9.17) is 5.48 Å². The first-order valence-corrected chi connectivity index (χ1v) is 13.5. The highest BCUT2D eigenvalue weighted by atomic mass is 14.2. The third kappa shape index (κ3) is 3.68. The van der Waals surface area contributed by atoms with E-state index in [1.165, 1.54) is 0 Å². The fourth-order valence-corrected chi connectivity index (χ4v) is 6.15. The van der Waals surface area contributed by atoms with E-state index in [-0.39, 0.29) is 57.8 Å². The predicted molar refractivity (Wildman–Crippen MR) is 172 cm³/mol. The van der Waals surface area contributed by atoms with Crippen molar-refractivity contribution in [3.63, 3.8) is 0 Å². The zero-order chi connectivity index (χ0) is 33.4. The zero-order valence-corrected chi connectivity index (χ0v) is 21.7. The Kier molecular flexibility index (Phi) is 3.80. The monoisotopic (exact) mass is 516 g/mol. The van der Waals surface area contributed by atoms with Crippen LogP contribution in [0.2, 0.25) is 0 Å². The molecule has 1 aliphatic rings. The molecular formula is C40H28. The Balaban J connectivity index is 1.60. The van der Waals surface area contributed by atoms with Crippen molar-refractivity contribution in [3.8, 4) is 22.3 Å². The van der Waals surface area contributed by atoms with Gasteiger partial charge in [0, 0.05) is 0 Å². The van der Waals surface area contributed by atoms with Crippen LogP contribution < -0.4 is 10.4 Å². The van der Waals surface area contributed by atoms with Gasteiger partial charge in [-0.25, -0.2) is 0 Å². The molecule has 7 aromatic carbocycles. The minimum atomic E-state index is -0.395. The van der Waals surface area contributed by atoms with Gasteiger partial charge in [-0.15, -0.1) is 0 Å². The minimum Gasteiger partial charge on any atom is -0.0763 e. The Bertz CT molecular complexity index is 2580. The van der Waals surface area contributed by atoms with E-state index >= 15 is 0 Å². The van der Waals surface area contributed by atoms with E-state index < -0.39 is 12.1 Å². The highest BCUT2D eigenvalue weighted by Crippen LogP contribution is 2.43. The molecule has 0 atom stereocenters. The summed E-state index contributed by atoms with van der Waals surface area (Å²) >= 11 is 0. The molecule has 0 heteroatoms. The van der Waals surface area contributed by atoms with Gasteiger partial charge in [0.2, 0.25) is 0 Å². The van der Waals surface area contributed by atoms with Crippen LogP contribution in [-0.4, -0.2) is 0 Å². The van der Waals surface area contributed by atoms with Gasteiger partial charge in [-0.05, 0) is 101 Å². The Morgan fingerprint density at radius 1 is 0.500 bits per heavy atom. The summed E-state index contributed by atoms with van der Waals surface area (Å²) < 4.78 is 72.0. The molecule has 0 nitrogen and oxygen atoms in total. The molecule has 0 saturated carbocycles. The Labute approximate surface area is 245 Å². The van der Waals surface area contributed by atoms with Gasteiger partial charge in [0.1, 0.15) is 0 Å². The molecule has 0 bridgehead atoms. The molecule has 8 rings (SSSR count). The van der Waals surface area contributed by atoms with Gasteiger partial charge in [-0.3, -0.25) is 0 Å². The van der Waals surface area contributed by atoms with E-state index in [1.807, 2.05) is 72.8 Å². The van der Waals surface area contributed by atoms with Crippen LogP contribution >= 0.6 is 0 Å². The molecule has 188 valence electrons. The van der Waals surface area contributed by atoms with Crippen molar-refractivity contribution in [3.05, 3.63) is 155 Å². The van der Waals surface area contributed by atoms with Crippen molar-refractivity contribution in [2.24, 2.45) is 0 Å². The molecular weight excluding hydrogens is 480 g/mol. The summed E-state index contributed by atoms with van der Waals surface area (Å²) in [6, 6.07) is 27.2. The Morgan fingerprint density at radius 3 is 1.90 bits per heavy atom. The van der Waals surface area contributed by atoms with Crippen molar-refractivity contribution < 1.29 is 11.0 Å². The van der Waals surface area contributed by atoms with Gasteiger partial charge in [0.25, 0.3) is 0 Å². The summed E-state index contributed by atoms with van der Waals surface area (Å²) in [5.74, 6) is 0. The standard InChI is InChI=1S/C40H28/c1-2-13-29-25-31(24-23-27(29)11-1)30-15-9-16-32(26-30)39-35-18-5-7-20-37(35)40(38-21-8-6-19-36(38)39)34-22-10-14-28-12-3-4-17-33(28)34/h1-9,11-21,23-26H,10,22H2/i5D,6D,7D,8D,18D,19D,20D,21D. The van der Waals surface area contributed by atoms with E-state index in [0.29, 0.717) is 29.5 Å². The molecule has 0 N–H and O–H groups in total. The fourth-order valence-electron chi connectivity index (χ4n) is 6.15. The van der Waals surface area contributed by atoms with Crippen molar-refractivity contribution in [2.75, 3.05) is 0 Å². The maximum absolute atomic E-state index is 9.28. The topological polar surface area (TPSA) is 0 Å². The SMILES string of the molecule is [2H]c1c([2H])c([2H])c2c(-c3cccc(-c4ccc5ccccc5c4)c3)c3c([2H])c([2H])c([2H])c([2H])c3c(C3=c4ccccc4=CCC3)c2c1[2H]. The minimum absolute atomic E-state index is 0.234. The van der Waals surface area contributed by atoms with Crippen LogP contribution in [0.4, 0.5) is 0 Å². The maximum Gasteiger partial charge on any atom is 0.0629 e. The first-order chi connectivity index (χ1) is 23.2. The van der Waals surface area contributed by atoms with Crippen LogP contribution in [0.5, 0.6) is 0 Å². The number of rotatable bonds is 3. The largest absolute Gasteiger partial charge is 0.0763 e. The Morgan fingerprint density at radius 2 is 1.12 bits per heavy atom. The quantitative estimate of drug-likeness (QED) is 0.205. The van der Waals surface area contributed by atoms with Gasteiger partial charge >= 0.3 is 0 Å². The summed E-state index contributed by atoms with van der Waals surface area (Å²) in [6.07, 6.45) is 3.35. The van der Waals surface area contributed by atoms with Crippen LogP contribution in [-0.2, 0) is 0 Å². The van der Waals surface area contributed by atoms with E-state index in [2.05, 4.69) is 24.3 Å². The lowest BCUT2D eigenvalue weighted by Crippen LogP contribution is -2.29. The normalized spacial score (nSPS) is 15.8. The smallest absolute Gasteiger partial charge is 0.0629 e. The van der Waals surface area contributed by atoms with E-state index in [0.717, 1.165) is 37.9 Å². The predicted octanol–water partition coefficient (Wildman–Crippen LogP) is 9.25. The van der Waals surface area contributed by atoms with E-state index in [9.17, 15) is 5.48 Å². The number of benzene rings is 7. The van der Waals surface area contributed by atoms with Gasteiger partial charge in [0.05, 0.1) is 11.0 Å². The van der Waals surface area contributed by atoms with Crippen LogP contribution in [0.3, 0.4) is 0 Å². The second-order valence-corrected chi connectivity index (χ2v) is 10.2. The van der Waals surface area contributed by atoms with Crippen LogP contribution in [0.15, 0.2) is 139 Å². The third-order valence-corrected chi connectivity index (χ3v) is 7.96. The number of fused-ring (bicyclic) bond motifs is 4. The highest BCUT2D eigenvalue weighted by molar-refractivity contribution is 6.19. The summed E-state index contributed by atoms with van der Waals surface area (Å²) in [5, 5.41) is 5.05. The maximum atomic E-state index is 9.28. The molecule has 0 amide bonds. The fraction of sp³-hybridized carbons (Fsp3) is 0.0500. The van der Waals surface area contributed by atoms with Crippen molar-refractivity contribution in [2.45, 2.75) is 12.8 Å². The second-order valence-electron chi connectivity index (χ2n) is 10.2. The zero-order valence-electron chi connectivity index (χ0n) is 29.7. The first-order valence-electron chi connectivity index (χ1n) is 17.5. The summed E-state index contributed by atoms with van der Waals surface area (Å²) in [7, 11) is 0. The lowest BCUT2D eigenvalue weighted by atomic mass is 9.83. The Hall–Kier alpha value is -4.94. The number of hydrogen-bond acceptors (Lipinski definition) is 0. The van der Waals surface area contributed by atoms with Crippen molar-refractivity contribution in [1.82, 2.24) is 0 Å².